The van der Waals surface area contributed by atoms with Crippen molar-refractivity contribution in [2.24, 2.45) is 0 Å². The molecule has 0 unspecified atom stereocenters. The first-order valence-electron chi connectivity index (χ1n) is 7.70. The number of thiophene rings is 1. The second-order valence-electron chi connectivity index (χ2n) is 5.84. The van der Waals surface area contributed by atoms with Gasteiger partial charge >= 0.3 is 0 Å². The molecule has 0 radical (unpaired) electrons. The fourth-order valence-electron chi connectivity index (χ4n) is 2.90. The van der Waals surface area contributed by atoms with E-state index in [2.05, 4.69) is 10.2 Å². The van der Waals surface area contributed by atoms with Crippen LogP contribution < -0.4 is 0 Å². The van der Waals surface area contributed by atoms with Gasteiger partial charge in [-0.1, -0.05) is 6.07 Å². The first kappa shape index (κ1) is 17.3. The third-order valence-electron chi connectivity index (χ3n) is 4.15. The number of hydrogen-bond donors (Lipinski definition) is 1. The topological polar surface area (TPSA) is 86.4 Å². The van der Waals surface area contributed by atoms with Crippen LogP contribution in [0, 0.1) is 13.8 Å². The number of ketones is 1. The van der Waals surface area contributed by atoms with Crippen LogP contribution in [0.25, 0.3) is 0 Å². The van der Waals surface area contributed by atoms with E-state index in [1.165, 1.54) is 15.6 Å². The highest BCUT2D eigenvalue weighted by Crippen LogP contribution is 2.22. The number of nitrogens with one attached hydrogen (secondary N) is 1. The Labute approximate surface area is 145 Å². The van der Waals surface area contributed by atoms with Gasteiger partial charge in [-0.3, -0.25) is 14.8 Å². The van der Waals surface area contributed by atoms with Crippen LogP contribution in [0.1, 0.15) is 21.1 Å². The van der Waals surface area contributed by atoms with Gasteiger partial charge in [-0.15, -0.1) is 11.3 Å². The minimum absolute atomic E-state index is 0.0860. The van der Waals surface area contributed by atoms with E-state index in [0.29, 0.717) is 44.1 Å². The van der Waals surface area contributed by atoms with Crippen LogP contribution in [0.2, 0.25) is 0 Å². The molecule has 0 aliphatic carbocycles. The number of hydrogen-bond acceptors (Lipinski definition) is 6. The van der Waals surface area contributed by atoms with Crippen molar-refractivity contribution in [2.45, 2.75) is 18.7 Å². The summed E-state index contributed by atoms with van der Waals surface area (Å²) in [5.41, 5.74) is 1.05. The van der Waals surface area contributed by atoms with Crippen LogP contribution >= 0.6 is 11.3 Å². The fourth-order valence-corrected chi connectivity index (χ4v) is 5.31. The quantitative estimate of drug-likeness (QED) is 0.804. The molecule has 0 amide bonds. The molecule has 0 atom stereocenters. The highest BCUT2D eigenvalue weighted by molar-refractivity contribution is 7.89. The minimum atomic E-state index is -3.55. The lowest BCUT2D eigenvalue weighted by Crippen LogP contribution is -2.49. The molecule has 9 heteroatoms. The Morgan fingerprint density at radius 2 is 2.00 bits per heavy atom. The van der Waals surface area contributed by atoms with E-state index >= 15 is 0 Å². The summed E-state index contributed by atoms with van der Waals surface area (Å²) in [7, 11) is -3.55. The summed E-state index contributed by atoms with van der Waals surface area (Å²) < 4.78 is 27.1. The van der Waals surface area contributed by atoms with Crippen LogP contribution in [0.4, 0.5) is 0 Å². The van der Waals surface area contributed by atoms with E-state index < -0.39 is 10.0 Å². The maximum absolute atomic E-state index is 12.8. The zero-order chi connectivity index (χ0) is 17.3. The van der Waals surface area contributed by atoms with Gasteiger partial charge in [-0.2, -0.15) is 9.40 Å². The van der Waals surface area contributed by atoms with Crippen molar-refractivity contribution < 1.29 is 13.2 Å². The Balaban J connectivity index is 1.64. The molecule has 1 fully saturated rings. The Hall–Kier alpha value is -1.55. The first-order chi connectivity index (χ1) is 11.4. The van der Waals surface area contributed by atoms with Crippen molar-refractivity contribution >= 4 is 27.1 Å². The summed E-state index contributed by atoms with van der Waals surface area (Å²) >= 11 is 1.43. The Kier molecular flexibility index (Phi) is 4.86. The van der Waals surface area contributed by atoms with Crippen molar-refractivity contribution in [1.29, 1.82) is 0 Å². The number of aromatic nitrogens is 2. The second kappa shape index (κ2) is 6.75. The summed E-state index contributed by atoms with van der Waals surface area (Å²) in [5.74, 6) is 0.0860. The maximum atomic E-state index is 12.8. The van der Waals surface area contributed by atoms with Crippen molar-refractivity contribution in [3.8, 4) is 0 Å². The number of carbonyl (C=O) groups is 1. The van der Waals surface area contributed by atoms with Gasteiger partial charge in [0.1, 0.15) is 4.90 Å². The molecule has 2 aromatic rings. The monoisotopic (exact) mass is 368 g/mol. The number of carbonyl (C=O) groups excluding carboxylic acids is 1. The summed E-state index contributed by atoms with van der Waals surface area (Å²) in [6.07, 6.45) is 0. The molecule has 0 aromatic carbocycles. The lowest BCUT2D eigenvalue weighted by Gasteiger charge is -2.33. The molecule has 3 rings (SSSR count). The molecule has 3 heterocycles. The zero-order valence-electron chi connectivity index (χ0n) is 13.7. The molecule has 0 spiro atoms. The van der Waals surface area contributed by atoms with E-state index in [4.69, 9.17) is 0 Å². The standard InChI is InChI=1S/C15H20N4O3S2/c1-11-15(12(2)17-16-11)24(21,22)19-7-5-18(6-8-19)10-13(20)14-4-3-9-23-14/h3-4,9H,5-8,10H2,1-2H3,(H,16,17). The van der Waals surface area contributed by atoms with Gasteiger partial charge in [0, 0.05) is 26.2 Å². The van der Waals surface area contributed by atoms with E-state index in [0.717, 1.165) is 4.88 Å². The third kappa shape index (κ3) is 3.30. The maximum Gasteiger partial charge on any atom is 0.246 e. The molecule has 7 nitrogen and oxygen atoms in total. The van der Waals surface area contributed by atoms with Gasteiger partial charge in [0.25, 0.3) is 0 Å². The minimum Gasteiger partial charge on any atom is -0.293 e. The molecule has 0 saturated carbocycles. The number of sulfonamides is 1. The molecular weight excluding hydrogens is 348 g/mol. The van der Waals surface area contributed by atoms with Gasteiger partial charge < -0.3 is 0 Å². The smallest absolute Gasteiger partial charge is 0.246 e. The van der Waals surface area contributed by atoms with Gasteiger partial charge in [-0.25, -0.2) is 8.42 Å². The SMILES string of the molecule is Cc1n[nH]c(C)c1S(=O)(=O)N1CCN(CC(=O)c2cccs2)CC1. The lowest BCUT2D eigenvalue weighted by atomic mass is 10.2. The third-order valence-corrected chi connectivity index (χ3v) is 7.23. The summed E-state index contributed by atoms with van der Waals surface area (Å²) in [4.78, 5) is 15.2. The van der Waals surface area contributed by atoms with E-state index in [9.17, 15) is 13.2 Å². The van der Waals surface area contributed by atoms with Crippen LogP contribution in [-0.2, 0) is 10.0 Å². The van der Waals surface area contributed by atoms with E-state index in [-0.39, 0.29) is 10.7 Å². The molecule has 0 bridgehead atoms. The van der Waals surface area contributed by atoms with Crippen molar-refractivity contribution in [1.82, 2.24) is 19.4 Å². The predicted molar refractivity (Wildman–Crippen MR) is 91.9 cm³/mol. The number of Topliss-reactive ketones (excluding diaryl/α,β-unsaturated/α-hetero) is 1. The van der Waals surface area contributed by atoms with Crippen LogP contribution in [0.5, 0.6) is 0 Å². The largest absolute Gasteiger partial charge is 0.293 e. The molecule has 24 heavy (non-hydrogen) atoms. The van der Waals surface area contributed by atoms with Crippen molar-refractivity contribution in [3.05, 3.63) is 33.8 Å². The molecule has 1 N–H and O–H groups in total. The van der Waals surface area contributed by atoms with E-state index in [1.807, 2.05) is 22.4 Å². The number of rotatable bonds is 5. The molecule has 2 aromatic heterocycles. The summed E-state index contributed by atoms with van der Waals surface area (Å²) in [5, 5.41) is 8.58. The highest BCUT2D eigenvalue weighted by Gasteiger charge is 2.32. The van der Waals surface area contributed by atoms with Gasteiger partial charge in [0.15, 0.2) is 5.78 Å². The predicted octanol–water partition coefficient (Wildman–Crippen LogP) is 1.28. The Bertz CT molecular complexity index is 800. The number of aromatic amines is 1. The Morgan fingerprint density at radius 3 is 2.54 bits per heavy atom. The second-order valence-corrected chi connectivity index (χ2v) is 8.67. The van der Waals surface area contributed by atoms with Crippen molar-refractivity contribution in [3.63, 3.8) is 0 Å². The van der Waals surface area contributed by atoms with Crippen LogP contribution in [0.3, 0.4) is 0 Å². The number of H-pyrrole nitrogens is 1. The molecule has 1 aliphatic rings. The average molecular weight is 368 g/mol. The van der Waals surface area contributed by atoms with Crippen molar-refractivity contribution in [2.75, 3.05) is 32.7 Å². The number of nitrogens with zero attached hydrogens (tertiary/aromatic N) is 3. The fraction of sp³-hybridized carbons (Fsp3) is 0.467. The zero-order valence-corrected chi connectivity index (χ0v) is 15.3. The summed E-state index contributed by atoms with van der Waals surface area (Å²) in [6, 6.07) is 3.68. The Morgan fingerprint density at radius 1 is 1.29 bits per heavy atom. The number of aryl methyl sites for hydroxylation is 2. The highest BCUT2D eigenvalue weighted by atomic mass is 32.2. The van der Waals surface area contributed by atoms with Crippen LogP contribution in [0.15, 0.2) is 22.4 Å². The summed E-state index contributed by atoms with van der Waals surface area (Å²) in [6.45, 7) is 5.58. The van der Waals surface area contributed by atoms with Crippen LogP contribution in [-0.4, -0.2) is 66.3 Å². The molecule has 1 saturated heterocycles. The van der Waals surface area contributed by atoms with Gasteiger partial charge in [0.2, 0.25) is 10.0 Å². The normalized spacial score (nSPS) is 17.2. The van der Waals surface area contributed by atoms with Gasteiger partial charge in [0.05, 0.1) is 22.8 Å². The number of piperazine rings is 1. The average Bonchev–Trinajstić information content (AvgIpc) is 3.18. The molecule has 1 aliphatic heterocycles. The molecule has 130 valence electrons. The van der Waals surface area contributed by atoms with Gasteiger partial charge in [-0.05, 0) is 25.3 Å². The lowest BCUT2D eigenvalue weighted by molar-refractivity contribution is 0.0905. The first-order valence-corrected chi connectivity index (χ1v) is 10.0. The molecular formula is C15H20N4O3S2. The van der Waals surface area contributed by atoms with E-state index in [1.54, 1.807) is 13.8 Å².